The molecule has 2 rings (SSSR count). The summed E-state index contributed by atoms with van der Waals surface area (Å²) in [6.07, 6.45) is 0.151. The van der Waals surface area contributed by atoms with Crippen LogP contribution < -0.4 is 5.32 Å². The van der Waals surface area contributed by atoms with Gasteiger partial charge in [-0.1, -0.05) is 0 Å². The number of morpholine rings is 1. The lowest BCUT2D eigenvalue weighted by Gasteiger charge is -2.41. The molecule has 2 aliphatic rings. The summed E-state index contributed by atoms with van der Waals surface area (Å²) in [5.74, 6) is -0.650. The van der Waals surface area contributed by atoms with Gasteiger partial charge in [-0.3, -0.25) is 9.59 Å². The van der Waals surface area contributed by atoms with Crippen molar-refractivity contribution < 1.29 is 19.4 Å². The second-order valence-electron chi connectivity index (χ2n) is 4.29. The lowest BCUT2D eigenvalue weighted by molar-refractivity contribution is -0.147. The Morgan fingerprint density at radius 3 is 2.75 bits per heavy atom. The van der Waals surface area contributed by atoms with E-state index in [1.807, 2.05) is 0 Å². The maximum atomic E-state index is 11.8. The Labute approximate surface area is 93.6 Å². The third kappa shape index (κ3) is 2.51. The molecule has 0 bridgehead atoms. The highest BCUT2D eigenvalue weighted by molar-refractivity contribution is 5.83. The van der Waals surface area contributed by atoms with Crippen LogP contribution in [0.3, 0.4) is 0 Å². The molecule has 1 amide bonds. The number of carboxylic acids is 1. The molecule has 2 fully saturated rings. The molecule has 0 radical (unpaired) electrons. The molecule has 2 aliphatic heterocycles. The average Bonchev–Trinajstić information content (AvgIpc) is 2.23. The van der Waals surface area contributed by atoms with Crippen LogP contribution in [0.2, 0.25) is 0 Å². The van der Waals surface area contributed by atoms with Crippen molar-refractivity contribution in [2.45, 2.75) is 12.5 Å². The third-order valence-corrected chi connectivity index (χ3v) is 2.95. The molecule has 16 heavy (non-hydrogen) atoms. The van der Waals surface area contributed by atoms with Gasteiger partial charge in [0.05, 0.1) is 19.6 Å². The van der Waals surface area contributed by atoms with Gasteiger partial charge in [0.25, 0.3) is 0 Å². The summed E-state index contributed by atoms with van der Waals surface area (Å²) in [4.78, 5) is 24.0. The largest absolute Gasteiger partial charge is 0.481 e. The number of carbonyl (C=O) groups excluding carboxylic acids is 1. The van der Waals surface area contributed by atoms with Crippen LogP contribution in [-0.4, -0.2) is 60.8 Å². The van der Waals surface area contributed by atoms with Gasteiger partial charge in [-0.15, -0.1) is 0 Å². The number of ether oxygens (including phenoxy) is 1. The zero-order chi connectivity index (χ0) is 11.5. The summed E-state index contributed by atoms with van der Waals surface area (Å²) in [5, 5.41) is 11.7. The van der Waals surface area contributed by atoms with Crippen molar-refractivity contribution in [1.82, 2.24) is 10.2 Å². The minimum Gasteiger partial charge on any atom is -0.481 e. The summed E-state index contributed by atoms with van der Waals surface area (Å²) in [7, 11) is 0. The Hall–Kier alpha value is -1.14. The molecule has 6 nitrogen and oxygen atoms in total. The van der Waals surface area contributed by atoms with E-state index in [-0.39, 0.29) is 24.3 Å². The number of likely N-dealkylation sites (tertiary alicyclic amines) is 1. The third-order valence-electron chi connectivity index (χ3n) is 2.95. The summed E-state index contributed by atoms with van der Waals surface area (Å²) < 4.78 is 5.21. The van der Waals surface area contributed by atoms with Crippen LogP contribution in [0, 0.1) is 5.92 Å². The Morgan fingerprint density at radius 1 is 1.44 bits per heavy atom. The van der Waals surface area contributed by atoms with Crippen molar-refractivity contribution >= 4 is 11.9 Å². The standard InChI is InChI=1S/C10H16N2O4/c13-9(14)3-7-4-12(5-7)10(15)8-6-16-2-1-11-8/h7-8,11H,1-6H2,(H,13,14). The number of hydrogen-bond donors (Lipinski definition) is 2. The van der Waals surface area contributed by atoms with Gasteiger partial charge in [0, 0.05) is 25.6 Å². The minimum atomic E-state index is -0.795. The van der Waals surface area contributed by atoms with E-state index >= 15 is 0 Å². The second kappa shape index (κ2) is 4.80. The molecule has 0 aromatic carbocycles. The van der Waals surface area contributed by atoms with Crippen LogP contribution in [0.5, 0.6) is 0 Å². The zero-order valence-corrected chi connectivity index (χ0v) is 9.02. The number of nitrogens with zero attached hydrogens (tertiary/aromatic N) is 1. The molecule has 2 saturated heterocycles. The van der Waals surface area contributed by atoms with Gasteiger partial charge in [-0.05, 0) is 0 Å². The van der Waals surface area contributed by atoms with Crippen molar-refractivity contribution in [3.8, 4) is 0 Å². The summed E-state index contributed by atoms with van der Waals surface area (Å²) in [5.41, 5.74) is 0. The topological polar surface area (TPSA) is 78.9 Å². The molecule has 0 saturated carbocycles. The normalized spacial score (nSPS) is 26.2. The first-order valence-corrected chi connectivity index (χ1v) is 5.48. The quantitative estimate of drug-likeness (QED) is 0.641. The zero-order valence-electron chi connectivity index (χ0n) is 9.02. The van der Waals surface area contributed by atoms with Crippen molar-refractivity contribution in [1.29, 1.82) is 0 Å². The highest BCUT2D eigenvalue weighted by Gasteiger charge is 2.35. The fraction of sp³-hybridized carbons (Fsp3) is 0.800. The molecule has 0 aliphatic carbocycles. The maximum Gasteiger partial charge on any atom is 0.303 e. The number of aliphatic carboxylic acids is 1. The van der Waals surface area contributed by atoms with Crippen LogP contribution in [0.25, 0.3) is 0 Å². The van der Waals surface area contributed by atoms with E-state index in [1.54, 1.807) is 4.90 Å². The van der Waals surface area contributed by atoms with Crippen LogP contribution in [0.4, 0.5) is 0 Å². The molecular weight excluding hydrogens is 212 g/mol. The first kappa shape index (κ1) is 11.3. The number of rotatable bonds is 3. The van der Waals surface area contributed by atoms with E-state index in [1.165, 1.54) is 0 Å². The number of amides is 1. The number of nitrogens with one attached hydrogen (secondary N) is 1. The van der Waals surface area contributed by atoms with Crippen molar-refractivity contribution in [2.24, 2.45) is 5.92 Å². The van der Waals surface area contributed by atoms with Gasteiger partial charge in [-0.2, -0.15) is 0 Å². The van der Waals surface area contributed by atoms with E-state index in [0.29, 0.717) is 32.8 Å². The fourth-order valence-corrected chi connectivity index (χ4v) is 2.07. The molecule has 1 atom stereocenters. The van der Waals surface area contributed by atoms with Crippen molar-refractivity contribution in [2.75, 3.05) is 32.8 Å². The molecule has 90 valence electrons. The Balaban J connectivity index is 1.74. The van der Waals surface area contributed by atoms with Gasteiger partial charge >= 0.3 is 5.97 Å². The van der Waals surface area contributed by atoms with Crippen LogP contribution in [0.1, 0.15) is 6.42 Å². The smallest absolute Gasteiger partial charge is 0.303 e. The Bertz CT molecular complexity index is 283. The maximum absolute atomic E-state index is 11.8. The summed E-state index contributed by atoms with van der Waals surface area (Å²) in [6.45, 7) is 2.87. The summed E-state index contributed by atoms with van der Waals surface area (Å²) in [6, 6.07) is -0.250. The molecule has 2 heterocycles. The average molecular weight is 228 g/mol. The Morgan fingerprint density at radius 2 is 2.19 bits per heavy atom. The van der Waals surface area contributed by atoms with Crippen LogP contribution in [0.15, 0.2) is 0 Å². The number of hydrogen-bond acceptors (Lipinski definition) is 4. The van der Waals surface area contributed by atoms with Gasteiger partial charge in [0.15, 0.2) is 0 Å². The first-order valence-electron chi connectivity index (χ1n) is 5.48. The van der Waals surface area contributed by atoms with Gasteiger partial charge in [0.1, 0.15) is 6.04 Å². The van der Waals surface area contributed by atoms with Gasteiger partial charge < -0.3 is 20.1 Å². The Kier molecular flexibility index (Phi) is 3.40. The van der Waals surface area contributed by atoms with E-state index in [9.17, 15) is 9.59 Å². The molecule has 6 heteroatoms. The van der Waals surface area contributed by atoms with E-state index in [2.05, 4.69) is 5.32 Å². The van der Waals surface area contributed by atoms with E-state index in [0.717, 1.165) is 0 Å². The predicted octanol–water partition coefficient (Wildman–Crippen LogP) is -1.09. The van der Waals surface area contributed by atoms with Gasteiger partial charge in [-0.25, -0.2) is 0 Å². The number of carboxylic acid groups (broad SMARTS) is 1. The second-order valence-corrected chi connectivity index (χ2v) is 4.29. The monoisotopic (exact) mass is 228 g/mol. The first-order chi connectivity index (χ1) is 7.66. The highest BCUT2D eigenvalue weighted by atomic mass is 16.5. The lowest BCUT2D eigenvalue weighted by atomic mass is 9.95. The van der Waals surface area contributed by atoms with Crippen LogP contribution >= 0.6 is 0 Å². The lowest BCUT2D eigenvalue weighted by Crippen LogP contribution is -2.59. The molecule has 2 N–H and O–H groups in total. The van der Waals surface area contributed by atoms with Crippen molar-refractivity contribution in [3.05, 3.63) is 0 Å². The van der Waals surface area contributed by atoms with E-state index < -0.39 is 5.97 Å². The number of carbonyl (C=O) groups is 2. The highest BCUT2D eigenvalue weighted by Crippen LogP contribution is 2.20. The summed E-state index contributed by atoms with van der Waals surface area (Å²) >= 11 is 0. The SMILES string of the molecule is O=C(O)CC1CN(C(=O)C2COCCN2)C1. The molecule has 0 spiro atoms. The van der Waals surface area contributed by atoms with Crippen LogP contribution in [-0.2, 0) is 14.3 Å². The van der Waals surface area contributed by atoms with E-state index in [4.69, 9.17) is 9.84 Å². The molecular formula is C10H16N2O4. The molecule has 1 unspecified atom stereocenters. The van der Waals surface area contributed by atoms with Gasteiger partial charge in [0.2, 0.25) is 5.91 Å². The molecule has 0 aromatic heterocycles. The fourth-order valence-electron chi connectivity index (χ4n) is 2.07. The predicted molar refractivity (Wildman–Crippen MR) is 54.9 cm³/mol. The molecule has 0 aromatic rings. The minimum absolute atomic E-state index is 0.0290. The van der Waals surface area contributed by atoms with Crippen molar-refractivity contribution in [3.63, 3.8) is 0 Å².